The molecule has 2 aliphatic rings. The van der Waals surface area contributed by atoms with Crippen LogP contribution in [0.1, 0.15) is 41.4 Å². The van der Waals surface area contributed by atoms with Crippen molar-refractivity contribution in [2.24, 2.45) is 0 Å². The van der Waals surface area contributed by atoms with Crippen LogP contribution in [0, 0.1) is 11.3 Å². The van der Waals surface area contributed by atoms with Crippen LogP contribution in [0.5, 0.6) is 0 Å². The number of piperazine rings is 1. The van der Waals surface area contributed by atoms with Gasteiger partial charge in [-0.3, -0.25) is 14.7 Å². The normalized spacial score (nSPS) is 15.9. The van der Waals surface area contributed by atoms with Crippen LogP contribution in [0.15, 0.2) is 36.5 Å². The van der Waals surface area contributed by atoms with E-state index in [2.05, 4.69) is 45.2 Å². The number of nitrogens with zero attached hydrogens (tertiary/aromatic N) is 7. The number of carbonyl (C=O) groups is 1. The molecule has 1 fully saturated rings. The van der Waals surface area contributed by atoms with Gasteiger partial charge in [-0.15, -0.1) is 0 Å². The lowest BCUT2D eigenvalue weighted by Crippen LogP contribution is -2.47. The van der Waals surface area contributed by atoms with Crippen LogP contribution in [-0.4, -0.2) is 69.9 Å². The van der Waals surface area contributed by atoms with E-state index < -0.39 is 0 Å². The van der Waals surface area contributed by atoms with Crippen molar-refractivity contribution >= 4 is 28.6 Å². The molecule has 4 heterocycles. The molecular formula is C26H30N8O. The lowest BCUT2D eigenvalue weighted by molar-refractivity contribution is 0.0774. The van der Waals surface area contributed by atoms with Crippen molar-refractivity contribution in [3.05, 3.63) is 53.3 Å². The van der Waals surface area contributed by atoms with Crippen LogP contribution in [0.25, 0.3) is 10.9 Å². The maximum atomic E-state index is 13.1. The molecule has 0 aliphatic carbocycles. The molecule has 0 bridgehead atoms. The molecule has 1 saturated heterocycles. The van der Waals surface area contributed by atoms with E-state index in [-0.39, 0.29) is 5.91 Å². The number of hydrogen-bond acceptors (Lipinski definition) is 8. The number of para-hydroxylation sites is 1. The molecule has 0 unspecified atom stereocenters. The number of nitriles is 1. The van der Waals surface area contributed by atoms with Crippen molar-refractivity contribution < 1.29 is 4.79 Å². The van der Waals surface area contributed by atoms with Crippen molar-refractivity contribution in [1.29, 1.82) is 5.26 Å². The zero-order valence-electron chi connectivity index (χ0n) is 20.1. The third-order valence-corrected chi connectivity index (χ3v) is 6.63. The van der Waals surface area contributed by atoms with Crippen LogP contribution in [0.4, 0.5) is 11.8 Å². The van der Waals surface area contributed by atoms with Crippen molar-refractivity contribution in [2.45, 2.75) is 32.9 Å². The van der Waals surface area contributed by atoms with Crippen molar-refractivity contribution in [1.82, 2.24) is 24.8 Å². The highest BCUT2D eigenvalue weighted by molar-refractivity contribution is 5.98. The summed E-state index contributed by atoms with van der Waals surface area (Å²) in [6.07, 6.45) is 3.32. The Morgan fingerprint density at radius 2 is 1.94 bits per heavy atom. The molecule has 0 radical (unpaired) electrons. The summed E-state index contributed by atoms with van der Waals surface area (Å²) in [5.41, 5.74) is 3.40. The fourth-order valence-electron chi connectivity index (χ4n) is 4.73. The van der Waals surface area contributed by atoms with E-state index in [0.717, 1.165) is 67.0 Å². The van der Waals surface area contributed by atoms with E-state index in [0.29, 0.717) is 37.7 Å². The van der Waals surface area contributed by atoms with E-state index >= 15 is 0 Å². The highest BCUT2D eigenvalue weighted by Crippen LogP contribution is 2.30. The fraction of sp³-hybridized carbons (Fsp3) is 0.423. The molecule has 35 heavy (non-hydrogen) atoms. The first-order valence-corrected chi connectivity index (χ1v) is 12.3. The topological polar surface area (TPSA) is 101 Å². The van der Waals surface area contributed by atoms with Crippen LogP contribution in [0.3, 0.4) is 0 Å². The summed E-state index contributed by atoms with van der Waals surface area (Å²) < 4.78 is 0. The zero-order valence-corrected chi connectivity index (χ0v) is 20.1. The van der Waals surface area contributed by atoms with Crippen LogP contribution in [-0.2, 0) is 13.1 Å². The third-order valence-electron chi connectivity index (χ3n) is 6.63. The summed E-state index contributed by atoms with van der Waals surface area (Å²) in [6.45, 7) is 7.89. The monoisotopic (exact) mass is 470 g/mol. The molecule has 1 aromatic carbocycles. The number of aromatic nitrogens is 3. The molecule has 9 heteroatoms. The highest BCUT2D eigenvalue weighted by atomic mass is 16.2. The number of carbonyl (C=O) groups excluding carboxylic acids is 1. The van der Waals surface area contributed by atoms with Gasteiger partial charge in [0.05, 0.1) is 18.1 Å². The van der Waals surface area contributed by atoms with Gasteiger partial charge in [0.25, 0.3) is 5.91 Å². The van der Waals surface area contributed by atoms with Crippen LogP contribution < -0.4 is 10.2 Å². The van der Waals surface area contributed by atoms with Gasteiger partial charge in [-0.25, -0.2) is 4.98 Å². The molecule has 0 spiro atoms. The number of pyridine rings is 1. The van der Waals surface area contributed by atoms with Crippen molar-refractivity contribution in [3.8, 4) is 6.07 Å². The third kappa shape index (κ3) is 4.88. The Kier molecular flexibility index (Phi) is 6.73. The summed E-state index contributed by atoms with van der Waals surface area (Å²) in [6, 6.07) is 12.4. The first-order chi connectivity index (χ1) is 17.2. The lowest BCUT2D eigenvalue weighted by Gasteiger charge is -2.34. The molecule has 0 atom stereocenters. The molecule has 5 rings (SSSR count). The van der Waals surface area contributed by atoms with Gasteiger partial charge in [-0.05, 0) is 24.1 Å². The van der Waals surface area contributed by atoms with Gasteiger partial charge < -0.3 is 15.1 Å². The Labute approximate surface area is 205 Å². The van der Waals surface area contributed by atoms with Crippen LogP contribution >= 0.6 is 0 Å². The number of fused-ring (bicyclic) bond motifs is 2. The summed E-state index contributed by atoms with van der Waals surface area (Å²) in [5, 5.41) is 13.4. The molecule has 180 valence electrons. The van der Waals surface area contributed by atoms with E-state index in [1.807, 2.05) is 29.3 Å². The number of anilines is 2. The van der Waals surface area contributed by atoms with Crippen molar-refractivity contribution in [3.63, 3.8) is 0 Å². The maximum Gasteiger partial charge on any atom is 0.273 e. The van der Waals surface area contributed by atoms with Gasteiger partial charge in [-0.1, -0.05) is 25.1 Å². The molecule has 9 nitrogen and oxygen atoms in total. The average Bonchev–Trinajstić information content (AvgIpc) is 3.21. The Hall–Kier alpha value is -3.77. The second-order valence-electron chi connectivity index (χ2n) is 9.05. The highest BCUT2D eigenvalue weighted by Gasteiger charge is 2.33. The minimum absolute atomic E-state index is 0.0198. The Balaban J connectivity index is 1.39. The largest absolute Gasteiger partial charge is 0.365 e. The Morgan fingerprint density at radius 3 is 2.74 bits per heavy atom. The number of benzene rings is 1. The smallest absolute Gasteiger partial charge is 0.273 e. The standard InChI is InChI=1S/C26H30N8O/c1-2-9-34-18-21-23(25(34)35)30-26(33-13-11-32(12-14-33)10-5-8-27)31-24(21)29-17-19-15-20-6-3-4-7-22(20)28-16-19/h3-4,6-7,15-16H,2,5,9-14,17-18H2,1H3,(H,29,30,31). The summed E-state index contributed by atoms with van der Waals surface area (Å²) >= 11 is 0. The minimum Gasteiger partial charge on any atom is -0.365 e. The number of nitrogens with one attached hydrogen (secondary N) is 1. The van der Waals surface area contributed by atoms with Gasteiger partial charge in [0.1, 0.15) is 11.5 Å². The molecular weight excluding hydrogens is 440 g/mol. The van der Waals surface area contributed by atoms with Gasteiger partial charge in [0.2, 0.25) is 5.95 Å². The van der Waals surface area contributed by atoms with Crippen LogP contribution in [0.2, 0.25) is 0 Å². The SMILES string of the molecule is CCCN1Cc2c(NCc3cnc4ccccc4c3)nc(N3CCN(CCC#N)CC3)nc2C1=O. The summed E-state index contributed by atoms with van der Waals surface area (Å²) in [4.78, 5) is 33.6. The number of hydrogen-bond donors (Lipinski definition) is 1. The first-order valence-electron chi connectivity index (χ1n) is 12.3. The van der Waals surface area contributed by atoms with Gasteiger partial charge in [-0.2, -0.15) is 10.2 Å². The predicted octanol–water partition coefficient (Wildman–Crippen LogP) is 3.04. The van der Waals surface area contributed by atoms with Gasteiger partial charge in [0.15, 0.2) is 0 Å². The van der Waals surface area contributed by atoms with E-state index in [1.165, 1.54) is 0 Å². The lowest BCUT2D eigenvalue weighted by atomic mass is 10.1. The van der Waals surface area contributed by atoms with E-state index in [1.54, 1.807) is 0 Å². The van der Waals surface area contributed by atoms with E-state index in [4.69, 9.17) is 15.2 Å². The Bertz CT molecular complexity index is 1260. The predicted molar refractivity (Wildman–Crippen MR) is 135 cm³/mol. The fourth-order valence-corrected chi connectivity index (χ4v) is 4.73. The quantitative estimate of drug-likeness (QED) is 0.536. The molecule has 1 N–H and O–H groups in total. The second kappa shape index (κ2) is 10.2. The zero-order chi connectivity index (χ0) is 24.2. The van der Waals surface area contributed by atoms with Crippen molar-refractivity contribution in [2.75, 3.05) is 49.5 Å². The molecule has 0 saturated carbocycles. The second-order valence-corrected chi connectivity index (χ2v) is 9.05. The molecule has 2 aromatic heterocycles. The average molecular weight is 471 g/mol. The first kappa shape index (κ1) is 23.0. The summed E-state index contributed by atoms with van der Waals surface area (Å²) in [5.74, 6) is 1.29. The maximum absolute atomic E-state index is 13.1. The Morgan fingerprint density at radius 1 is 1.11 bits per heavy atom. The number of rotatable bonds is 8. The molecule has 3 aromatic rings. The summed E-state index contributed by atoms with van der Waals surface area (Å²) in [7, 11) is 0. The number of amides is 1. The molecule has 2 aliphatic heterocycles. The molecule has 1 amide bonds. The van der Waals surface area contributed by atoms with Gasteiger partial charge >= 0.3 is 0 Å². The minimum atomic E-state index is -0.0198. The van der Waals surface area contributed by atoms with E-state index in [9.17, 15) is 4.79 Å². The van der Waals surface area contributed by atoms with Gasteiger partial charge in [0, 0.05) is 69.4 Å².